The van der Waals surface area contributed by atoms with Gasteiger partial charge >= 0.3 is 0 Å². The summed E-state index contributed by atoms with van der Waals surface area (Å²) in [4.78, 5) is 31.3. The maximum Gasteiger partial charge on any atom is 0.269 e. The topological polar surface area (TPSA) is 71.5 Å². The molecule has 6 nitrogen and oxygen atoms in total. The lowest BCUT2D eigenvalue weighted by atomic mass is 9.96. The Morgan fingerprint density at radius 1 is 1.07 bits per heavy atom. The summed E-state index contributed by atoms with van der Waals surface area (Å²) in [5.74, 6) is 0.634. The number of amides is 2. The van der Waals surface area contributed by atoms with Crippen molar-refractivity contribution in [1.29, 1.82) is 0 Å². The van der Waals surface area contributed by atoms with Crippen molar-refractivity contribution in [3.8, 4) is 5.75 Å². The van der Waals surface area contributed by atoms with E-state index in [-0.39, 0.29) is 18.2 Å². The Balaban J connectivity index is 1.30. The minimum Gasteiger partial charge on any atom is -0.491 e. The number of nitrogens with one attached hydrogen (secondary N) is 1. The Hall–Kier alpha value is -2.89. The molecule has 0 unspecified atom stereocenters. The highest BCUT2D eigenvalue weighted by molar-refractivity contribution is 5.92. The maximum absolute atomic E-state index is 12.6. The van der Waals surface area contributed by atoms with E-state index in [1.807, 2.05) is 30.3 Å². The molecule has 2 heterocycles. The van der Waals surface area contributed by atoms with E-state index in [2.05, 4.69) is 10.3 Å². The molecule has 0 saturated carbocycles. The summed E-state index contributed by atoms with van der Waals surface area (Å²) in [5, 5.41) is 2.83. The number of nitrogens with zero attached hydrogens (tertiary/aromatic N) is 2. The molecule has 0 atom stereocenters. The van der Waals surface area contributed by atoms with Gasteiger partial charge < -0.3 is 15.0 Å². The number of carbonyl (C=O) groups excluding carboxylic acids is 2. The van der Waals surface area contributed by atoms with Gasteiger partial charge in [0.25, 0.3) is 5.91 Å². The Morgan fingerprint density at radius 3 is 2.86 bits per heavy atom. The Labute approximate surface area is 164 Å². The van der Waals surface area contributed by atoms with E-state index in [0.29, 0.717) is 31.9 Å². The molecule has 146 valence electrons. The predicted molar refractivity (Wildman–Crippen MR) is 105 cm³/mol. The minimum absolute atomic E-state index is 0.0130. The minimum atomic E-state index is -0.217. The summed E-state index contributed by atoms with van der Waals surface area (Å²) in [5.41, 5.74) is 3.74. The van der Waals surface area contributed by atoms with Gasteiger partial charge in [-0.2, -0.15) is 0 Å². The molecule has 28 heavy (non-hydrogen) atoms. The first-order valence-corrected chi connectivity index (χ1v) is 9.96. The van der Waals surface area contributed by atoms with Crippen LogP contribution in [0, 0.1) is 0 Å². The van der Waals surface area contributed by atoms with Crippen LogP contribution < -0.4 is 10.1 Å². The van der Waals surface area contributed by atoms with Crippen LogP contribution >= 0.6 is 0 Å². The summed E-state index contributed by atoms with van der Waals surface area (Å²) < 4.78 is 5.70. The molecule has 2 aliphatic rings. The molecule has 1 N–H and O–H groups in total. The Morgan fingerprint density at radius 2 is 1.93 bits per heavy atom. The molecule has 6 heteroatoms. The van der Waals surface area contributed by atoms with Crippen LogP contribution in [0.15, 0.2) is 36.4 Å². The van der Waals surface area contributed by atoms with Crippen molar-refractivity contribution in [2.45, 2.75) is 38.6 Å². The van der Waals surface area contributed by atoms with Crippen molar-refractivity contribution < 1.29 is 14.3 Å². The molecule has 2 aromatic rings. The number of hydrogen-bond donors (Lipinski definition) is 1. The molecule has 1 aliphatic carbocycles. The van der Waals surface area contributed by atoms with Gasteiger partial charge in [0.05, 0.1) is 6.54 Å². The van der Waals surface area contributed by atoms with Crippen LogP contribution in [0.4, 0.5) is 0 Å². The SMILES string of the molecule is O=C(NCCC(=O)N1CCOc2ccccc2C1)c1ccc2c(n1)CCCC2. The van der Waals surface area contributed by atoms with Crippen molar-refractivity contribution in [3.63, 3.8) is 0 Å². The highest BCUT2D eigenvalue weighted by Crippen LogP contribution is 2.22. The van der Waals surface area contributed by atoms with Crippen LogP contribution in [-0.4, -0.2) is 41.4 Å². The van der Waals surface area contributed by atoms with Crippen molar-refractivity contribution in [3.05, 3.63) is 58.9 Å². The largest absolute Gasteiger partial charge is 0.491 e. The number of para-hydroxylation sites is 1. The van der Waals surface area contributed by atoms with Crippen LogP contribution in [0.1, 0.15) is 46.6 Å². The van der Waals surface area contributed by atoms with Crippen LogP contribution in [0.2, 0.25) is 0 Å². The number of benzene rings is 1. The number of hydrogen-bond acceptors (Lipinski definition) is 4. The molecule has 1 aromatic carbocycles. The molecule has 0 spiro atoms. The van der Waals surface area contributed by atoms with E-state index < -0.39 is 0 Å². The van der Waals surface area contributed by atoms with E-state index in [1.165, 1.54) is 12.0 Å². The number of ether oxygens (including phenoxy) is 1. The number of fused-ring (bicyclic) bond motifs is 2. The van der Waals surface area contributed by atoms with E-state index in [1.54, 1.807) is 11.0 Å². The first-order valence-electron chi connectivity index (χ1n) is 9.96. The third kappa shape index (κ3) is 4.16. The van der Waals surface area contributed by atoms with Gasteiger partial charge in [-0.3, -0.25) is 9.59 Å². The zero-order valence-electron chi connectivity index (χ0n) is 15.9. The van der Waals surface area contributed by atoms with Gasteiger partial charge in [-0.15, -0.1) is 0 Å². The lowest BCUT2D eigenvalue weighted by Crippen LogP contribution is -2.35. The molecule has 0 bridgehead atoms. The second kappa shape index (κ2) is 8.42. The predicted octanol–water partition coefficient (Wildman–Crippen LogP) is 2.50. The number of rotatable bonds is 4. The zero-order chi connectivity index (χ0) is 19.3. The maximum atomic E-state index is 12.6. The fourth-order valence-corrected chi connectivity index (χ4v) is 3.78. The summed E-state index contributed by atoms with van der Waals surface area (Å²) in [6.45, 7) is 1.87. The number of aryl methyl sites for hydroxylation is 2. The van der Waals surface area contributed by atoms with Crippen molar-refractivity contribution in [2.24, 2.45) is 0 Å². The summed E-state index contributed by atoms with van der Waals surface area (Å²) >= 11 is 0. The van der Waals surface area contributed by atoms with Gasteiger partial charge in [0, 0.05) is 30.8 Å². The van der Waals surface area contributed by atoms with E-state index in [0.717, 1.165) is 36.3 Å². The van der Waals surface area contributed by atoms with Gasteiger partial charge in [-0.05, 0) is 43.4 Å². The highest BCUT2D eigenvalue weighted by atomic mass is 16.5. The van der Waals surface area contributed by atoms with E-state index in [9.17, 15) is 9.59 Å². The summed E-state index contributed by atoms with van der Waals surface area (Å²) in [6.07, 6.45) is 4.56. The van der Waals surface area contributed by atoms with Crippen LogP contribution in [0.5, 0.6) is 5.75 Å². The average Bonchev–Trinajstić information content (AvgIpc) is 2.96. The van der Waals surface area contributed by atoms with Crippen molar-refractivity contribution >= 4 is 11.8 Å². The average molecular weight is 379 g/mol. The quantitative estimate of drug-likeness (QED) is 0.886. The van der Waals surface area contributed by atoms with Crippen LogP contribution in [0.3, 0.4) is 0 Å². The molecule has 4 rings (SSSR count). The van der Waals surface area contributed by atoms with Crippen molar-refractivity contribution in [2.75, 3.05) is 19.7 Å². The highest BCUT2D eigenvalue weighted by Gasteiger charge is 2.20. The van der Waals surface area contributed by atoms with Crippen molar-refractivity contribution in [1.82, 2.24) is 15.2 Å². The van der Waals surface area contributed by atoms with Crippen LogP contribution in [0.25, 0.3) is 0 Å². The van der Waals surface area contributed by atoms with Gasteiger partial charge in [-0.1, -0.05) is 24.3 Å². The Kier molecular flexibility index (Phi) is 5.55. The third-order valence-electron chi connectivity index (χ3n) is 5.34. The van der Waals surface area contributed by atoms with Gasteiger partial charge in [0.15, 0.2) is 0 Å². The lowest BCUT2D eigenvalue weighted by molar-refractivity contribution is -0.131. The van der Waals surface area contributed by atoms with Gasteiger partial charge in [0.1, 0.15) is 18.1 Å². The van der Waals surface area contributed by atoms with Gasteiger partial charge in [0.2, 0.25) is 5.91 Å². The fourth-order valence-electron chi connectivity index (χ4n) is 3.78. The molecule has 2 amide bonds. The second-order valence-electron chi connectivity index (χ2n) is 7.29. The smallest absolute Gasteiger partial charge is 0.269 e. The zero-order valence-corrected chi connectivity index (χ0v) is 15.9. The second-order valence-corrected chi connectivity index (χ2v) is 7.29. The van der Waals surface area contributed by atoms with E-state index in [4.69, 9.17) is 4.74 Å². The Bertz CT molecular complexity index is 881. The summed E-state index contributed by atoms with van der Waals surface area (Å²) in [7, 11) is 0. The fraction of sp³-hybridized carbons (Fsp3) is 0.409. The third-order valence-corrected chi connectivity index (χ3v) is 5.34. The first kappa shape index (κ1) is 18.5. The monoisotopic (exact) mass is 379 g/mol. The number of aromatic nitrogens is 1. The molecular weight excluding hydrogens is 354 g/mol. The molecule has 0 fully saturated rings. The molecule has 1 aromatic heterocycles. The molecule has 0 radical (unpaired) electrons. The normalized spacial score (nSPS) is 15.6. The molecule has 1 aliphatic heterocycles. The number of pyridine rings is 1. The first-order chi connectivity index (χ1) is 13.7. The number of carbonyl (C=O) groups is 2. The summed E-state index contributed by atoms with van der Waals surface area (Å²) in [6, 6.07) is 11.6. The van der Waals surface area contributed by atoms with E-state index >= 15 is 0 Å². The lowest BCUT2D eigenvalue weighted by Gasteiger charge is -2.20. The molecule has 0 saturated heterocycles. The molecular formula is C22H25N3O3. The van der Waals surface area contributed by atoms with Gasteiger partial charge in [-0.25, -0.2) is 4.98 Å². The van der Waals surface area contributed by atoms with Crippen LogP contribution in [-0.2, 0) is 24.2 Å². The standard InChI is InChI=1S/C22H25N3O3/c26-21(25-13-14-28-20-8-4-2-6-17(20)15-25)11-12-23-22(27)19-10-9-16-5-1-3-7-18(16)24-19/h2,4,6,8-10H,1,3,5,7,11-15H2,(H,23,27).